The third kappa shape index (κ3) is 6.93. The summed E-state index contributed by atoms with van der Waals surface area (Å²) in [4.78, 5) is 23.8. The molecule has 33 heavy (non-hydrogen) atoms. The fraction of sp³-hybridized carbons (Fsp3) is 0.125. The molecule has 0 heterocycles. The molecule has 0 saturated carbocycles. The van der Waals surface area contributed by atoms with E-state index in [2.05, 4.69) is 15.8 Å². The summed E-state index contributed by atoms with van der Waals surface area (Å²) in [5, 5.41) is 5.94. The minimum atomic E-state index is -4.49. The summed E-state index contributed by atoms with van der Waals surface area (Å²) in [5.74, 6) is -1.53. The van der Waals surface area contributed by atoms with Crippen LogP contribution in [0.25, 0.3) is 0 Å². The normalized spacial score (nSPS) is 11.3. The SMILES string of the molecule is Cc1ccccc1COc1cccc(/C=N/NC(=O)C(=O)Nc2ccc(C(F)(F)F)cc2)c1. The van der Waals surface area contributed by atoms with Gasteiger partial charge in [-0.1, -0.05) is 36.4 Å². The van der Waals surface area contributed by atoms with Gasteiger partial charge in [-0.25, -0.2) is 5.43 Å². The van der Waals surface area contributed by atoms with Gasteiger partial charge in [-0.05, 0) is 60.0 Å². The van der Waals surface area contributed by atoms with Gasteiger partial charge in [0.25, 0.3) is 0 Å². The number of benzene rings is 3. The monoisotopic (exact) mass is 455 g/mol. The smallest absolute Gasteiger partial charge is 0.416 e. The molecule has 0 radical (unpaired) electrons. The van der Waals surface area contributed by atoms with E-state index in [1.807, 2.05) is 31.2 Å². The van der Waals surface area contributed by atoms with E-state index in [9.17, 15) is 22.8 Å². The number of aryl methyl sites for hydroxylation is 1. The first-order valence-electron chi connectivity index (χ1n) is 9.81. The van der Waals surface area contributed by atoms with E-state index in [-0.39, 0.29) is 5.69 Å². The molecule has 3 aromatic carbocycles. The van der Waals surface area contributed by atoms with Crippen LogP contribution < -0.4 is 15.5 Å². The Morgan fingerprint density at radius 3 is 2.39 bits per heavy atom. The zero-order valence-electron chi connectivity index (χ0n) is 17.5. The Morgan fingerprint density at radius 2 is 1.70 bits per heavy atom. The van der Waals surface area contributed by atoms with E-state index in [1.54, 1.807) is 24.3 Å². The molecule has 0 spiro atoms. The van der Waals surface area contributed by atoms with Gasteiger partial charge in [0.15, 0.2) is 0 Å². The first kappa shape index (κ1) is 23.5. The summed E-state index contributed by atoms with van der Waals surface area (Å²) in [6.45, 7) is 2.40. The fourth-order valence-electron chi connectivity index (χ4n) is 2.76. The molecule has 0 aliphatic heterocycles. The average Bonchev–Trinajstić information content (AvgIpc) is 2.78. The summed E-state index contributed by atoms with van der Waals surface area (Å²) in [5.41, 5.74) is 4.06. The third-order valence-corrected chi connectivity index (χ3v) is 4.57. The van der Waals surface area contributed by atoms with Gasteiger partial charge in [-0.2, -0.15) is 18.3 Å². The van der Waals surface area contributed by atoms with Crippen molar-refractivity contribution in [2.75, 3.05) is 5.32 Å². The van der Waals surface area contributed by atoms with E-state index in [0.29, 0.717) is 17.9 Å². The Bertz CT molecular complexity index is 1160. The molecule has 0 unspecified atom stereocenters. The van der Waals surface area contributed by atoms with Crippen LogP contribution in [0.1, 0.15) is 22.3 Å². The minimum Gasteiger partial charge on any atom is -0.489 e. The number of amides is 2. The molecule has 2 N–H and O–H groups in total. The number of hydrogen-bond donors (Lipinski definition) is 2. The molecule has 0 aliphatic rings. The minimum absolute atomic E-state index is 0.0469. The number of hydrogen-bond acceptors (Lipinski definition) is 4. The van der Waals surface area contributed by atoms with Crippen molar-refractivity contribution >= 4 is 23.7 Å². The number of carbonyl (C=O) groups is 2. The Kier molecular flexibility index (Phi) is 7.45. The molecule has 0 bridgehead atoms. The Morgan fingerprint density at radius 1 is 0.970 bits per heavy atom. The number of alkyl halides is 3. The highest BCUT2D eigenvalue weighted by Gasteiger charge is 2.30. The van der Waals surface area contributed by atoms with Crippen molar-refractivity contribution < 1.29 is 27.5 Å². The standard InChI is InChI=1S/C24H20F3N3O3/c1-16-5-2-3-7-18(16)15-33-21-8-4-6-17(13-21)14-28-30-23(32)22(31)29-20-11-9-19(10-12-20)24(25,26)27/h2-14H,15H2,1H3,(H,29,31)(H,30,32)/b28-14+. The number of rotatable bonds is 6. The molecule has 3 rings (SSSR count). The number of nitrogens with one attached hydrogen (secondary N) is 2. The number of ether oxygens (including phenoxy) is 1. The van der Waals surface area contributed by atoms with Crippen molar-refractivity contribution in [1.82, 2.24) is 5.43 Å². The molecule has 6 nitrogen and oxygen atoms in total. The molecule has 0 saturated heterocycles. The van der Waals surface area contributed by atoms with Gasteiger partial charge in [0.2, 0.25) is 0 Å². The van der Waals surface area contributed by atoms with Crippen LogP contribution >= 0.6 is 0 Å². The number of carbonyl (C=O) groups excluding carboxylic acids is 2. The maximum absolute atomic E-state index is 12.6. The number of hydrazone groups is 1. The predicted octanol–water partition coefficient (Wildman–Crippen LogP) is 4.68. The second-order valence-corrected chi connectivity index (χ2v) is 7.02. The van der Waals surface area contributed by atoms with Crippen molar-refractivity contribution in [3.63, 3.8) is 0 Å². The van der Waals surface area contributed by atoms with Crippen LogP contribution in [0.4, 0.5) is 18.9 Å². The zero-order valence-corrected chi connectivity index (χ0v) is 17.5. The van der Waals surface area contributed by atoms with E-state index in [4.69, 9.17) is 4.74 Å². The third-order valence-electron chi connectivity index (χ3n) is 4.57. The molecule has 0 atom stereocenters. The molecule has 0 fully saturated rings. The lowest BCUT2D eigenvalue weighted by molar-refractivity contribution is -0.137. The zero-order chi connectivity index (χ0) is 23.8. The summed E-state index contributed by atoms with van der Waals surface area (Å²) in [6, 6.07) is 18.6. The first-order chi connectivity index (χ1) is 15.7. The Balaban J connectivity index is 1.52. The molecular weight excluding hydrogens is 435 g/mol. The van der Waals surface area contributed by atoms with E-state index in [0.717, 1.165) is 35.4 Å². The molecule has 2 amide bonds. The fourth-order valence-corrected chi connectivity index (χ4v) is 2.76. The van der Waals surface area contributed by atoms with Gasteiger partial charge in [0.1, 0.15) is 12.4 Å². The number of halogens is 3. The summed E-state index contributed by atoms with van der Waals surface area (Å²) in [7, 11) is 0. The van der Waals surface area contributed by atoms with Crippen molar-refractivity contribution in [2.24, 2.45) is 5.10 Å². The van der Waals surface area contributed by atoms with Crippen molar-refractivity contribution in [3.8, 4) is 5.75 Å². The van der Waals surface area contributed by atoms with Crippen LogP contribution in [0.3, 0.4) is 0 Å². The maximum atomic E-state index is 12.6. The van der Waals surface area contributed by atoms with E-state index in [1.165, 1.54) is 6.21 Å². The van der Waals surface area contributed by atoms with Crippen LogP contribution in [-0.4, -0.2) is 18.0 Å². The van der Waals surface area contributed by atoms with E-state index >= 15 is 0 Å². The molecule has 3 aromatic rings. The summed E-state index contributed by atoms with van der Waals surface area (Å²) < 4.78 is 43.5. The number of nitrogens with zero attached hydrogens (tertiary/aromatic N) is 1. The topological polar surface area (TPSA) is 79.8 Å². The van der Waals surface area contributed by atoms with E-state index < -0.39 is 23.6 Å². The van der Waals surface area contributed by atoms with Crippen molar-refractivity contribution in [1.29, 1.82) is 0 Å². The van der Waals surface area contributed by atoms with Gasteiger partial charge in [0, 0.05) is 5.69 Å². The second kappa shape index (κ2) is 10.4. The molecular formula is C24H20F3N3O3. The van der Waals surface area contributed by atoms with Crippen molar-refractivity contribution in [3.05, 3.63) is 95.1 Å². The van der Waals surface area contributed by atoms with Crippen LogP contribution in [0.15, 0.2) is 77.9 Å². The predicted molar refractivity (Wildman–Crippen MR) is 118 cm³/mol. The Hall–Kier alpha value is -4.14. The van der Waals surface area contributed by atoms with Gasteiger partial charge < -0.3 is 10.1 Å². The van der Waals surface area contributed by atoms with Crippen LogP contribution in [0.5, 0.6) is 5.75 Å². The molecule has 9 heteroatoms. The van der Waals surface area contributed by atoms with Gasteiger partial charge >= 0.3 is 18.0 Å². The Labute approximate surface area is 188 Å². The van der Waals surface area contributed by atoms with Crippen LogP contribution in [0, 0.1) is 6.92 Å². The lowest BCUT2D eigenvalue weighted by Gasteiger charge is -2.09. The molecule has 0 aromatic heterocycles. The quantitative estimate of drug-likeness (QED) is 0.322. The molecule has 0 aliphatic carbocycles. The van der Waals surface area contributed by atoms with Crippen LogP contribution in [0.2, 0.25) is 0 Å². The average molecular weight is 455 g/mol. The van der Waals surface area contributed by atoms with Gasteiger partial charge in [-0.3, -0.25) is 9.59 Å². The number of anilines is 1. The highest BCUT2D eigenvalue weighted by Crippen LogP contribution is 2.29. The first-order valence-corrected chi connectivity index (χ1v) is 9.81. The largest absolute Gasteiger partial charge is 0.489 e. The molecule has 170 valence electrons. The highest BCUT2D eigenvalue weighted by atomic mass is 19.4. The second-order valence-electron chi connectivity index (χ2n) is 7.02. The van der Waals surface area contributed by atoms with Gasteiger partial charge in [-0.15, -0.1) is 0 Å². The lowest BCUT2D eigenvalue weighted by Crippen LogP contribution is -2.32. The lowest BCUT2D eigenvalue weighted by atomic mass is 10.1. The summed E-state index contributed by atoms with van der Waals surface area (Å²) >= 11 is 0. The maximum Gasteiger partial charge on any atom is 0.416 e. The van der Waals surface area contributed by atoms with Gasteiger partial charge in [0.05, 0.1) is 11.8 Å². The van der Waals surface area contributed by atoms with Crippen molar-refractivity contribution in [2.45, 2.75) is 19.7 Å². The van der Waals surface area contributed by atoms with Crippen LogP contribution in [-0.2, 0) is 22.4 Å². The summed E-state index contributed by atoms with van der Waals surface area (Å²) in [6.07, 6.45) is -3.15. The highest BCUT2D eigenvalue weighted by molar-refractivity contribution is 6.39.